The molecular weight excluding hydrogens is 176 g/mol. The molecule has 0 bridgehead atoms. The van der Waals surface area contributed by atoms with Gasteiger partial charge in [-0.1, -0.05) is 31.5 Å². The minimum Gasteiger partial charge on any atom is -0.412 e. The molecule has 0 aromatic heterocycles. The lowest BCUT2D eigenvalue weighted by Gasteiger charge is -2.02. The number of amidine groups is 1. The van der Waals surface area contributed by atoms with Crippen molar-refractivity contribution in [3.8, 4) is 0 Å². The van der Waals surface area contributed by atoms with Gasteiger partial charge in [-0.25, -0.2) is 0 Å². The predicted octanol–water partition coefficient (Wildman–Crippen LogP) is 0.309. The van der Waals surface area contributed by atoms with Crippen LogP contribution in [0.25, 0.3) is 0 Å². The van der Waals surface area contributed by atoms with Crippen LogP contribution in [0.5, 0.6) is 0 Å². The smallest absolute Gasteiger partial charge is 0.261 e. The highest BCUT2D eigenvalue weighted by Crippen LogP contribution is 2.24. The minimum absolute atomic E-state index is 0. The molecule has 0 spiro atoms. The number of hydrogen-bond donors (Lipinski definition) is 1. The lowest BCUT2D eigenvalue weighted by atomic mass is 10.2. The molecule has 0 fully saturated rings. The summed E-state index contributed by atoms with van der Waals surface area (Å²) in [5, 5.41) is 0.436. The van der Waals surface area contributed by atoms with Gasteiger partial charge in [-0.05, 0) is 6.42 Å². The maximum absolute atomic E-state index is 11.0. The molecule has 5 heteroatoms. The highest BCUT2D eigenvalue weighted by molar-refractivity contribution is 8.15. The van der Waals surface area contributed by atoms with E-state index in [0.717, 1.165) is 19.3 Å². The van der Waals surface area contributed by atoms with Crippen molar-refractivity contribution in [1.29, 1.82) is 0 Å². The van der Waals surface area contributed by atoms with Crippen molar-refractivity contribution >= 4 is 22.8 Å². The first kappa shape index (κ1) is 11.4. The minimum atomic E-state index is -0.0547. The molecule has 0 saturated carbocycles. The Kier molecular flexibility index (Phi) is 4.92. The predicted molar refractivity (Wildman–Crippen MR) is 51.1 cm³/mol. The van der Waals surface area contributed by atoms with E-state index >= 15 is 0 Å². The molecule has 0 aromatic carbocycles. The van der Waals surface area contributed by atoms with Gasteiger partial charge in [0, 0.05) is 0 Å². The van der Waals surface area contributed by atoms with Crippen LogP contribution in [0, 0.1) is 0 Å². The number of carbonyl (C=O) groups excluding carboxylic acids is 1. The number of amides is 1. The second-order valence-corrected chi connectivity index (χ2v) is 3.76. The third-order valence-corrected chi connectivity index (χ3v) is 2.63. The van der Waals surface area contributed by atoms with E-state index in [0.29, 0.717) is 5.17 Å². The number of rotatable bonds is 3. The molecule has 12 heavy (non-hydrogen) atoms. The van der Waals surface area contributed by atoms with Crippen molar-refractivity contribution in [1.82, 2.24) is 0 Å². The highest BCUT2D eigenvalue weighted by atomic mass is 32.2. The van der Waals surface area contributed by atoms with Gasteiger partial charge in [-0.3, -0.25) is 4.79 Å². The summed E-state index contributed by atoms with van der Waals surface area (Å²) in [6.45, 7) is 2.11. The molecule has 0 aromatic rings. The van der Waals surface area contributed by atoms with Crippen molar-refractivity contribution in [2.24, 2.45) is 10.7 Å². The summed E-state index contributed by atoms with van der Waals surface area (Å²) in [6, 6.07) is 0. The SMILES string of the molecule is CCCCC1SC(N)=NC1=O.O. The molecule has 1 amide bonds. The van der Waals surface area contributed by atoms with Gasteiger partial charge in [0.1, 0.15) is 0 Å². The molecule has 0 saturated heterocycles. The van der Waals surface area contributed by atoms with Crippen LogP contribution in [0.2, 0.25) is 0 Å². The lowest BCUT2D eigenvalue weighted by Crippen LogP contribution is -2.10. The molecule has 1 atom stereocenters. The number of thioether (sulfide) groups is 1. The Morgan fingerprint density at radius 1 is 1.67 bits per heavy atom. The zero-order valence-electron chi connectivity index (χ0n) is 7.04. The van der Waals surface area contributed by atoms with Gasteiger partial charge in [-0.2, -0.15) is 4.99 Å². The lowest BCUT2D eigenvalue weighted by molar-refractivity contribution is -0.117. The Morgan fingerprint density at radius 3 is 2.75 bits per heavy atom. The van der Waals surface area contributed by atoms with Crippen molar-refractivity contribution in [3.63, 3.8) is 0 Å². The fourth-order valence-corrected chi connectivity index (χ4v) is 1.85. The first-order valence-electron chi connectivity index (χ1n) is 3.78. The molecule has 1 aliphatic rings. The maximum atomic E-state index is 11.0. The van der Waals surface area contributed by atoms with Crippen molar-refractivity contribution in [3.05, 3.63) is 0 Å². The Balaban J connectivity index is 0.00000121. The van der Waals surface area contributed by atoms with Gasteiger partial charge in [0.15, 0.2) is 5.17 Å². The van der Waals surface area contributed by atoms with Crippen LogP contribution in [-0.2, 0) is 4.79 Å². The van der Waals surface area contributed by atoms with E-state index in [1.165, 1.54) is 11.8 Å². The summed E-state index contributed by atoms with van der Waals surface area (Å²) >= 11 is 1.39. The zero-order chi connectivity index (χ0) is 8.27. The Bertz CT molecular complexity index is 194. The topological polar surface area (TPSA) is 86.9 Å². The number of nitrogens with two attached hydrogens (primary N) is 1. The van der Waals surface area contributed by atoms with E-state index in [-0.39, 0.29) is 16.6 Å². The van der Waals surface area contributed by atoms with Crippen molar-refractivity contribution in [2.45, 2.75) is 31.4 Å². The Hall–Kier alpha value is -0.550. The highest BCUT2D eigenvalue weighted by Gasteiger charge is 2.25. The molecule has 1 rings (SSSR count). The van der Waals surface area contributed by atoms with Crippen LogP contribution in [0.1, 0.15) is 26.2 Å². The van der Waals surface area contributed by atoms with Crippen LogP contribution >= 0.6 is 11.8 Å². The first-order valence-corrected chi connectivity index (χ1v) is 4.66. The van der Waals surface area contributed by atoms with Crippen LogP contribution in [-0.4, -0.2) is 21.8 Å². The number of nitrogens with zero attached hydrogens (tertiary/aromatic N) is 1. The van der Waals surface area contributed by atoms with E-state index in [1.807, 2.05) is 0 Å². The van der Waals surface area contributed by atoms with Gasteiger partial charge in [0.2, 0.25) is 0 Å². The second-order valence-electron chi connectivity index (χ2n) is 2.54. The maximum Gasteiger partial charge on any atom is 0.261 e. The van der Waals surface area contributed by atoms with Crippen LogP contribution in [0.3, 0.4) is 0 Å². The molecule has 4 N–H and O–H groups in total. The van der Waals surface area contributed by atoms with Crippen LogP contribution in [0.4, 0.5) is 0 Å². The van der Waals surface area contributed by atoms with Crippen LogP contribution < -0.4 is 5.73 Å². The van der Waals surface area contributed by atoms with Gasteiger partial charge < -0.3 is 11.2 Å². The number of carbonyl (C=O) groups is 1. The molecule has 0 radical (unpaired) electrons. The molecule has 1 heterocycles. The largest absolute Gasteiger partial charge is 0.412 e. The third-order valence-electron chi connectivity index (χ3n) is 1.58. The quantitative estimate of drug-likeness (QED) is 0.694. The Morgan fingerprint density at radius 2 is 2.33 bits per heavy atom. The molecule has 0 aliphatic carbocycles. The third kappa shape index (κ3) is 2.83. The van der Waals surface area contributed by atoms with Gasteiger partial charge >= 0.3 is 0 Å². The molecule has 4 nitrogen and oxygen atoms in total. The van der Waals surface area contributed by atoms with E-state index < -0.39 is 0 Å². The van der Waals surface area contributed by atoms with Crippen LogP contribution in [0.15, 0.2) is 4.99 Å². The van der Waals surface area contributed by atoms with E-state index in [9.17, 15) is 4.79 Å². The molecular formula is C7H14N2O2S. The normalized spacial score (nSPS) is 21.9. The fraction of sp³-hybridized carbons (Fsp3) is 0.714. The summed E-state index contributed by atoms with van der Waals surface area (Å²) in [4.78, 5) is 14.6. The number of aliphatic imine (C=N–C) groups is 1. The summed E-state index contributed by atoms with van der Waals surface area (Å²) in [7, 11) is 0. The fourth-order valence-electron chi connectivity index (χ4n) is 0.975. The summed E-state index contributed by atoms with van der Waals surface area (Å²) in [5.41, 5.74) is 5.38. The molecule has 1 unspecified atom stereocenters. The standard InChI is InChI=1S/C7H12N2OS.H2O/c1-2-3-4-5-6(10)9-7(8)11-5;/h5H,2-4H2,1H3,(H2,8,9,10);1H2. The molecule has 70 valence electrons. The monoisotopic (exact) mass is 190 g/mol. The summed E-state index contributed by atoms with van der Waals surface area (Å²) < 4.78 is 0. The van der Waals surface area contributed by atoms with E-state index in [4.69, 9.17) is 5.73 Å². The van der Waals surface area contributed by atoms with Crippen molar-refractivity contribution < 1.29 is 10.3 Å². The van der Waals surface area contributed by atoms with E-state index in [1.54, 1.807) is 0 Å². The average Bonchev–Trinajstić information content (AvgIpc) is 2.26. The second kappa shape index (κ2) is 5.16. The summed E-state index contributed by atoms with van der Waals surface area (Å²) in [6.07, 6.45) is 3.10. The molecule has 1 aliphatic heterocycles. The Labute approximate surface area is 75.9 Å². The zero-order valence-corrected chi connectivity index (χ0v) is 7.86. The number of unbranched alkanes of at least 4 members (excludes halogenated alkanes) is 1. The van der Waals surface area contributed by atoms with E-state index in [2.05, 4.69) is 11.9 Å². The summed E-state index contributed by atoms with van der Waals surface area (Å²) in [5.74, 6) is -0.0547. The van der Waals surface area contributed by atoms with Gasteiger partial charge in [0.25, 0.3) is 5.91 Å². The van der Waals surface area contributed by atoms with Gasteiger partial charge in [-0.15, -0.1) is 0 Å². The average molecular weight is 190 g/mol. The van der Waals surface area contributed by atoms with Crippen molar-refractivity contribution in [2.75, 3.05) is 0 Å². The van der Waals surface area contributed by atoms with Gasteiger partial charge in [0.05, 0.1) is 5.25 Å². The first-order chi connectivity index (χ1) is 5.24. The number of hydrogen-bond acceptors (Lipinski definition) is 3.